The van der Waals surface area contributed by atoms with Gasteiger partial charge in [0.1, 0.15) is 0 Å². The summed E-state index contributed by atoms with van der Waals surface area (Å²) < 4.78 is 11.2. The summed E-state index contributed by atoms with van der Waals surface area (Å²) in [5.41, 5.74) is 1.44. The number of nitrogens with zero attached hydrogens (tertiary/aromatic N) is 3. The van der Waals surface area contributed by atoms with E-state index in [0.717, 1.165) is 5.56 Å². The fraction of sp³-hybridized carbons (Fsp3) is 0.312. The van der Waals surface area contributed by atoms with Gasteiger partial charge in [-0.2, -0.15) is 0 Å². The number of carbonyl (C=O) groups is 1. The number of hydrogen-bond donors (Lipinski definition) is 1. The monoisotopic (exact) mass is 332 g/mol. The molecule has 23 heavy (non-hydrogen) atoms. The Morgan fingerprint density at radius 2 is 1.87 bits per heavy atom. The summed E-state index contributed by atoms with van der Waals surface area (Å²) in [7, 11) is 0.723. The third-order valence-corrected chi connectivity index (χ3v) is 4.34. The maximum absolute atomic E-state index is 12.2. The molecule has 122 valence electrons. The van der Waals surface area contributed by atoms with Gasteiger partial charge in [0.15, 0.2) is 5.82 Å². The molecule has 0 aliphatic rings. The van der Waals surface area contributed by atoms with Crippen LogP contribution in [0.5, 0.6) is 0 Å². The van der Waals surface area contributed by atoms with Crippen LogP contribution in [0.4, 0.5) is 10.5 Å². The van der Waals surface area contributed by atoms with Crippen LogP contribution in [0.1, 0.15) is 6.92 Å². The summed E-state index contributed by atoms with van der Waals surface area (Å²) >= 11 is 0. The summed E-state index contributed by atoms with van der Waals surface area (Å²) in [6, 6.07) is 9.22. The molecule has 1 aromatic heterocycles. The van der Waals surface area contributed by atoms with Crippen LogP contribution in [-0.2, 0) is 10.8 Å². The normalized spacial score (nSPS) is 13.2. The minimum atomic E-state index is -0.950. The maximum Gasteiger partial charge on any atom is 0.321 e. The first-order valence-electron chi connectivity index (χ1n) is 7.18. The molecule has 0 aliphatic heterocycles. The van der Waals surface area contributed by atoms with E-state index in [-0.39, 0.29) is 12.1 Å². The van der Waals surface area contributed by atoms with Crippen molar-refractivity contribution in [1.82, 2.24) is 14.9 Å². The van der Waals surface area contributed by atoms with E-state index in [1.807, 2.05) is 37.3 Å². The predicted octanol–water partition coefficient (Wildman–Crippen LogP) is 2.37. The van der Waals surface area contributed by atoms with Gasteiger partial charge in [-0.3, -0.25) is 4.21 Å². The number of rotatable bonds is 5. The molecular weight excluding hydrogens is 312 g/mol. The Balaban J connectivity index is 2.00. The molecule has 0 fully saturated rings. The zero-order chi connectivity index (χ0) is 16.8. The topological polar surface area (TPSA) is 75.2 Å². The van der Waals surface area contributed by atoms with E-state index in [4.69, 9.17) is 0 Å². The van der Waals surface area contributed by atoms with Crippen LogP contribution in [0.3, 0.4) is 0 Å². The quantitative estimate of drug-likeness (QED) is 0.912. The van der Waals surface area contributed by atoms with E-state index in [9.17, 15) is 9.00 Å². The van der Waals surface area contributed by atoms with E-state index in [1.165, 1.54) is 4.90 Å². The van der Waals surface area contributed by atoms with E-state index in [0.29, 0.717) is 17.3 Å². The van der Waals surface area contributed by atoms with Crippen molar-refractivity contribution < 1.29 is 9.00 Å². The van der Waals surface area contributed by atoms with Crippen molar-refractivity contribution in [2.24, 2.45) is 0 Å². The lowest BCUT2D eigenvalue weighted by molar-refractivity contribution is 0.212. The fourth-order valence-corrected chi connectivity index (χ4v) is 2.90. The molecule has 0 saturated heterocycles. The van der Waals surface area contributed by atoms with Crippen LogP contribution in [0.2, 0.25) is 0 Å². The lowest BCUT2D eigenvalue weighted by Crippen LogP contribution is -2.40. The van der Waals surface area contributed by atoms with Crippen molar-refractivity contribution >= 4 is 22.5 Å². The van der Waals surface area contributed by atoms with Crippen LogP contribution >= 0.6 is 0 Å². The Morgan fingerprint density at radius 1 is 1.26 bits per heavy atom. The minimum Gasteiger partial charge on any atom is -0.324 e. The van der Waals surface area contributed by atoms with Gasteiger partial charge in [-0.25, -0.2) is 14.8 Å². The van der Waals surface area contributed by atoms with Gasteiger partial charge in [0.2, 0.25) is 0 Å². The zero-order valence-electron chi connectivity index (χ0n) is 13.4. The first kappa shape index (κ1) is 17.1. The molecule has 2 atom stereocenters. The summed E-state index contributed by atoms with van der Waals surface area (Å²) in [4.78, 5) is 22.2. The smallest absolute Gasteiger partial charge is 0.321 e. The second-order valence-corrected chi connectivity index (χ2v) is 6.77. The van der Waals surface area contributed by atoms with Gasteiger partial charge in [0.05, 0.1) is 18.1 Å². The first-order chi connectivity index (χ1) is 11.0. The van der Waals surface area contributed by atoms with Crippen LogP contribution in [0.25, 0.3) is 11.4 Å². The number of anilines is 1. The second-order valence-electron chi connectivity index (χ2n) is 5.29. The lowest BCUT2D eigenvalue weighted by Gasteiger charge is -2.24. The van der Waals surface area contributed by atoms with Crippen molar-refractivity contribution in [2.45, 2.75) is 13.0 Å². The van der Waals surface area contributed by atoms with Gasteiger partial charge in [-0.15, -0.1) is 0 Å². The van der Waals surface area contributed by atoms with Gasteiger partial charge < -0.3 is 10.2 Å². The highest BCUT2D eigenvalue weighted by atomic mass is 32.2. The van der Waals surface area contributed by atoms with Crippen LogP contribution in [0, 0.1) is 0 Å². The molecule has 2 aromatic rings. The van der Waals surface area contributed by atoms with Gasteiger partial charge in [-0.05, 0) is 6.92 Å². The largest absolute Gasteiger partial charge is 0.324 e. The Bertz CT molecular complexity index is 676. The highest BCUT2D eigenvalue weighted by molar-refractivity contribution is 7.84. The summed E-state index contributed by atoms with van der Waals surface area (Å²) in [5, 5.41) is 2.74. The van der Waals surface area contributed by atoms with Crippen LogP contribution in [-0.4, -0.2) is 50.2 Å². The van der Waals surface area contributed by atoms with Gasteiger partial charge in [-0.1, -0.05) is 30.3 Å². The molecule has 7 heteroatoms. The molecule has 1 N–H and O–H groups in total. The standard InChI is InChI=1S/C16H20N4O2S/c1-12(11-23(3)22)20(2)16(21)19-14-9-17-15(18-10-14)13-7-5-4-6-8-13/h4-10,12H,11H2,1-3H3,(H,19,21)/t12-,23+/m0/s1. The maximum atomic E-state index is 12.2. The summed E-state index contributed by atoms with van der Waals surface area (Å²) in [6.45, 7) is 1.86. The highest BCUT2D eigenvalue weighted by Crippen LogP contribution is 2.15. The molecule has 2 rings (SSSR count). The third-order valence-electron chi connectivity index (χ3n) is 3.39. The van der Waals surface area contributed by atoms with Gasteiger partial charge >= 0.3 is 6.03 Å². The van der Waals surface area contributed by atoms with Crippen molar-refractivity contribution in [2.75, 3.05) is 24.4 Å². The molecule has 6 nitrogen and oxygen atoms in total. The Labute approximate surface area is 138 Å². The van der Waals surface area contributed by atoms with Crippen LogP contribution in [0.15, 0.2) is 42.7 Å². The average molecular weight is 332 g/mol. The molecule has 0 unspecified atom stereocenters. The van der Waals surface area contributed by atoms with Crippen molar-refractivity contribution in [3.8, 4) is 11.4 Å². The van der Waals surface area contributed by atoms with E-state index in [1.54, 1.807) is 25.7 Å². The minimum absolute atomic E-state index is 0.120. The van der Waals surface area contributed by atoms with E-state index in [2.05, 4.69) is 15.3 Å². The molecule has 0 spiro atoms. The molecule has 0 saturated carbocycles. The molecule has 2 amide bonds. The van der Waals surface area contributed by atoms with Crippen molar-refractivity contribution in [3.05, 3.63) is 42.7 Å². The average Bonchev–Trinajstić information content (AvgIpc) is 2.55. The fourth-order valence-electron chi connectivity index (χ4n) is 1.99. The van der Waals surface area contributed by atoms with Crippen molar-refractivity contribution in [1.29, 1.82) is 0 Å². The Kier molecular flexibility index (Phi) is 5.81. The molecular formula is C16H20N4O2S. The van der Waals surface area contributed by atoms with Crippen LogP contribution < -0.4 is 5.32 Å². The molecule has 1 aromatic carbocycles. The summed E-state index contributed by atoms with van der Waals surface area (Å²) in [6.07, 6.45) is 4.77. The SMILES string of the molecule is C[C@@H](C[S@@](C)=O)N(C)C(=O)Nc1cnc(-c2ccccc2)nc1. The summed E-state index contributed by atoms with van der Waals surface area (Å²) in [5.74, 6) is 1.04. The number of benzene rings is 1. The van der Waals surface area contributed by atoms with Gasteiger partial charge in [0.25, 0.3) is 0 Å². The molecule has 0 aliphatic carbocycles. The zero-order valence-corrected chi connectivity index (χ0v) is 14.2. The molecule has 0 radical (unpaired) electrons. The number of urea groups is 1. The van der Waals surface area contributed by atoms with E-state index >= 15 is 0 Å². The highest BCUT2D eigenvalue weighted by Gasteiger charge is 2.17. The van der Waals surface area contributed by atoms with E-state index < -0.39 is 10.8 Å². The number of nitrogens with one attached hydrogen (secondary N) is 1. The number of carbonyl (C=O) groups excluding carboxylic acids is 1. The first-order valence-corrected chi connectivity index (χ1v) is 8.91. The molecule has 0 bridgehead atoms. The van der Waals surface area contributed by atoms with Gasteiger partial charge in [0, 0.05) is 41.5 Å². The Hall–Kier alpha value is -2.28. The van der Waals surface area contributed by atoms with Crippen molar-refractivity contribution in [3.63, 3.8) is 0 Å². The third kappa shape index (κ3) is 4.85. The lowest BCUT2D eigenvalue weighted by atomic mass is 10.2. The number of amides is 2. The molecule has 1 heterocycles. The number of aromatic nitrogens is 2. The number of hydrogen-bond acceptors (Lipinski definition) is 4. The Morgan fingerprint density at radius 3 is 2.43 bits per heavy atom. The predicted molar refractivity (Wildman–Crippen MR) is 92.6 cm³/mol. The second kappa shape index (κ2) is 7.82.